The molecule has 0 unspecified atom stereocenters. The van der Waals surface area contributed by atoms with Gasteiger partial charge in [0.2, 0.25) is 17.7 Å². The highest BCUT2D eigenvalue weighted by Gasteiger charge is 2.40. The molecule has 2 fully saturated rings. The van der Waals surface area contributed by atoms with E-state index in [1.807, 2.05) is 72.8 Å². The number of H-pyrrole nitrogens is 1. The van der Waals surface area contributed by atoms with Crippen LogP contribution in [0.1, 0.15) is 102 Å². The van der Waals surface area contributed by atoms with E-state index in [2.05, 4.69) is 31.1 Å². The molecule has 0 saturated carbocycles. The van der Waals surface area contributed by atoms with Gasteiger partial charge in [-0.05, 0) is 120 Å². The summed E-state index contributed by atoms with van der Waals surface area (Å²) in [6.45, 7) is 11.4. The second-order valence-corrected chi connectivity index (χ2v) is 18.9. The molecule has 4 heterocycles. The average Bonchev–Trinajstić information content (AvgIpc) is 4.13. The Bertz CT molecular complexity index is 2740. The SMILES string of the molecule is CC(C)(C)OC(=O)N[C@@H](C(=O)N1CCC[C@H]1C(=O)Nc1ccc2[nH]c(-c3ccc(-c4nnc([C@@H]5CCCN5C(=O)[C@H](NC(=O)OC(C)(C)C)c5ccccc5)o4)cc3)cc2c1)c1ccccc1. The zero-order valence-corrected chi connectivity index (χ0v) is 38.5. The zero-order valence-electron chi connectivity index (χ0n) is 38.5. The van der Waals surface area contributed by atoms with Crippen molar-refractivity contribution in [2.75, 3.05) is 18.4 Å². The molecule has 16 nitrogen and oxygen atoms in total. The lowest BCUT2D eigenvalue weighted by atomic mass is 10.0. The fourth-order valence-corrected chi connectivity index (χ4v) is 8.51. The first kappa shape index (κ1) is 46.1. The number of anilines is 1. The molecule has 0 bridgehead atoms. The molecular formula is C51H56N8O8. The summed E-state index contributed by atoms with van der Waals surface area (Å²) in [4.78, 5) is 74.4. The minimum atomic E-state index is -1.03. The minimum Gasteiger partial charge on any atom is -0.444 e. The van der Waals surface area contributed by atoms with Gasteiger partial charge in [-0.15, -0.1) is 10.2 Å². The zero-order chi connectivity index (χ0) is 47.5. The Kier molecular flexibility index (Phi) is 13.2. The van der Waals surface area contributed by atoms with Crippen LogP contribution in [0.5, 0.6) is 0 Å². The number of hydrogen-bond donors (Lipinski definition) is 4. The molecule has 2 aliphatic heterocycles. The highest BCUT2D eigenvalue weighted by atomic mass is 16.6. The molecule has 6 aromatic rings. The van der Waals surface area contributed by atoms with Crippen LogP contribution in [0.15, 0.2) is 114 Å². The first-order valence-corrected chi connectivity index (χ1v) is 22.6. The molecule has 67 heavy (non-hydrogen) atoms. The third-order valence-electron chi connectivity index (χ3n) is 11.5. The predicted octanol–water partition coefficient (Wildman–Crippen LogP) is 9.01. The molecule has 4 atom stereocenters. The first-order valence-electron chi connectivity index (χ1n) is 22.6. The van der Waals surface area contributed by atoms with E-state index >= 15 is 0 Å². The van der Waals surface area contributed by atoms with Crippen molar-refractivity contribution in [1.82, 2.24) is 35.6 Å². The van der Waals surface area contributed by atoms with Crippen LogP contribution in [-0.2, 0) is 23.9 Å². The lowest BCUT2D eigenvalue weighted by Gasteiger charge is -2.29. The van der Waals surface area contributed by atoms with Gasteiger partial charge in [0.1, 0.15) is 35.4 Å². The van der Waals surface area contributed by atoms with Gasteiger partial charge in [0, 0.05) is 40.9 Å². The number of carbonyl (C=O) groups is 5. The van der Waals surface area contributed by atoms with Crippen molar-refractivity contribution >= 4 is 46.5 Å². The third kappa shape index (κ3) is 11.0. The maximum atomic E-state index is 14.1. The number of rotatable bonds is 11. The summed E-state index contributed by atoms with van der Waals surface area (Å²) in [5.41, 5.74) is 3.60. The van der Waals surface area contributed by atoms with E-state index < -0.39 is 47.6 Å². The molecule has 2 aliphatic rings. The number of aromatic amines is 1. The van der Waals surface area contributed by atoms with Crippen LogP contribution in [0.3, 0.4) is 0 Å². The van der Waals surface area contributed by atoms with E-state index in [9.17, 15) is 24.0 Å². The number of nitrogens with zero attached hydrogens (tertiary/aromatic N) is 4. The van der Waals surface area contributed by atoms with Gasteiger partial charge in [-0.25, -0.2) is 9.59 Å². The van der Waals surface area contributed by atoms with Gasteiger partial charge in [-0.2, -0.15) is 0 Å². The van der Waals surface area contributed by atoms with Gasteiger partial charge in [0.05, 0.1) is 0 Å². The summed E-state index contributed by atoms with van der Waals surface area (Å²) >= 11 is 0. The quantitative estimate of drug-likeness (QED) is 0.0972. The van der Waals surface area contributed by atoms with Crippen LogP contribution < -0.4 is 16.0 Å². The molecule has 5 amide bonds. The lowest BCUT2D eigenvalue weighted by molar-refractivity contribution is -0.138. The summed E-state index contributed by atoms with van der Waals surface area (Å²) in [6.07, 6.45) is 1.04. The van der Waals surface area contributed by atoms with Crippen LogP contribution >= 0.6 is 0 Å². The Morgan fingerprint density at radius 3 is 1.82 bits per heavy atom. The van der Waals surface area contributed by atoms with E-state index in [1.54, 1.807) is 82.8 Å². The van der Waals surface area contributed by atoms with Gasteiger partial charge >= 0.3 is 12.2 Å². The van der Waals surface area contributed by atoms with Crippen LogP contribution in [-0.4, -0.2) is 85.2 Å². The maximum Gasteiger partial charge on any atom is 0.408 e. The van der Waals surface area contributed by atoms with Gasteiger partial charge in [0.15, 0.2) is 0 Å². The number of ether oxygens (including phenoxy) is 2. The number of nitrogens with one attached hydrogen (secondary N) is 4. The molecule has 2 saturated heterocycles. The number of hydrogen-bond acceptors (Lipinski definition) is 10. The fraction of sp³-hybridized carbons (Fsp3) is 0.353. The van der Waals surface area contributed by atoms with E-state index in [1.165, 1.54) is 4.90 Å². The second-order valence-electron chi connectivity index (χ2n) is 18.9. The van der Waals surface area contributed by atoms with Crippen molar-refractivity contribution in [3.8, 4) is 22.7 Å². The van der Waals surface area contributed by atoms with E-state index in [4.69, 9.17) is 13.9 Å². The number of benzene rings is 4. The number of fused-ring (bicyclic) bond motifs is 1. The van der Waals surface area contributed by atoms with Gasteiger partial charge < -0.3 is 44.6 Å². The number of aromatic nitrogens is 3. The molecule has 4 aromatic carbocycles. The lowest BCUT2D eigenvalue weighted by Crippen LogP contribution is -2.49. The number of carbonyl (C=O) groups excluding carboxylic acids is 5. The molecule has 0 aliphatic carbocycles. The Hall–Kier alpha value is -7.49. The molecule has 348 valence electrons. The van der Waals surface area contributed by atoms with Crippen molar-refractivity contribution < 1.29 is 37.9 Å². The van der Waals surface area contributed by atoms with Gasteiger partial charge in [-0.3, -0.25) is 14.4 Å². The van der Waals surface area contributed by atoms with E-state index in [-0.39, 0.29) is 17.7 Å². The monoisotopic (exact) mass is 908 g/mol. The van der Waals surface area contributed by atoms with Gasteiger partial charge in [-0.1, -0.05) is 72.8 Å². The summed E-state index contributed by atoms with van der Waals surface area (Å²) in [6, 6.07) is 30.0. The van der Waals surface area contributed by atoms with Crippen LogP contribution in [0.25, 0.3) is 33.6 Å². The second kappa shape index (κ2) is 19.2. The molecule has 0 radical (unpaired) electrons. The topological polar surface area (TPSA) is 201 Å². The van der Waals surface area contributed by atoms with Crippen molar-refractivity contribution in [3.05, 3.63) is 126 Å². The highest BCUT2D eigenvalue weighted by molar-refractivity contribution is 6.00. The third-order valence-corrected chi connectivity index (χ3v) is 11.5. The first-order chi connectivity index (χ1) is 32.0. The van der Waals surface area contributed by atoms with E-state index in [0.29, 0.717) is 66.5 Å². The number of alkyl carbamates (subject to hydrolysis) is 2. The molecule has 0 spiro atoms. The Balaban J connectivity index is 0.925. The summed E-state index contributed by atoms with van der Waals surface area (Å²) in [5, 5.41) is 18.1. The molecule has 2 aromatic heterocycles. The molecule has 4 N–H and O–H groups in total. The maximum absolute atomic E-state index is 14.1. The number of amides is 5. The van der Waals surface area contributed by atoms with Crippen LogP contribution in [0.2, 0.25) is 0 Å². The summed E-state index contributed by atoms with van der Waals surface area (Å²) < 4.78 is 17.2. The standard InChI is InChI=1S/C51H56N8O8/c1-50(2,3)66-48(63)54-41(32-15-9-7-10-16-32)46(61)58-27-13-19-39(58)43(60)52-36-25-26-37-35(29-36)30-38(53-37)31-21-23-34(24-22-31)44-56-57-45(65-44)40-20-14-28-59(40)47(62)42(33-17-11-8-12-18-33)55-49(64)67-51(4,5)6/h7-12,15-18,21-26,29-30,39-42,53H,13-14,19-20,27-28H2,1-6H3,(H,52,60)(H,54,63)(H,55,64)/t39-,40-,41+,42+/m0/s1. The smallest absolute Gasteiger partial charge is 0.408 e. The Morgan fingerprint density at radius 2 is 1.22 bits per heavy atom. The average molecular weight is 909 g/mol. The van der Waals surface area contributed by atoms with Crippen molar-refractivity contribution in [3.63, 3.8) is 0 Å². The number of likely N-dealkylation sites (tertiary alicyclic amines) is 2. The van der Waals surface area contributed by atoms with Crippen molar-refractivity contribution in [1.29, 1.82) is 0 Å². The fourth-order valence-electron chi connectivity index (χ4n) is 8.51. The van der Waals surface area contributed by atoms with E-state index in [0.717, 1.165) is 28.6 Å². The summed E-state index contributed by atoms with van der Waals surface area (Å²) in [5.74, 6) is -0.384. The summed E-state index contributed by atoms with van der Waals surface area (Å²) in [7, 11) is 0. The van der Waals surface area contributed by atoms with Crippen LogP contribution in [0, 0.1) is 0 Å². The van der Waals surface area contributed by atoms with Crippen molar-refractivity contribution in [2.24, 2.45) is 0 Å². The molecular weight excluding hydrogens is 853 g/mol. The van der Waals surface area contributed by atoms with Gasteiger partial charge in [0.25, 0.3) is 11.8 Å². The Labute approximate surface area is 388 Å². The minimum absolute atomic E-state index is 0.299. The normalized spacial score (nSPS) is 17.2. The predicted molar refractivity (Wildman–Crippen MR) is 251 cm³/mol. The molecule has 16 heteroatoms. The van der Waals surface area contributed by atoms with Crippen LogP contribution in [0.4, 0.5) is 15.3 Å². The molecule has 8 rings (SSSR count). The highest BCUT2D eigenvalue weighted by Crippen LogP contribution is 2.36. The van der Waals surface area contributed by atoms with Crippen molar-refractivity contribution in [2.45, 2.75) is 103 Å². The largest absolute Gasteiger partial charge is 0.444 e. The Morgan fingerprint density at radius 1 is 0.672 bits per heavy atom.